The van der Waals surface area contributed by atoms with Gasteiger partial charge in [-0.25, -0.2) is 4.79 Å². The third-order valence-electron chi connectivity index (χ3n) is 2.54. The Labute approximate surface area is 95.4 Å². The second-order valence-corrected chi connectivity index (χ2v) is 3.63. The summed E-state index contributed by atoms with van der Waals surface area (Å²) < 4.78 is 5.33. The number of ether oxygens (including phenoxy) is 1. The standard InChI is InChI=1S/C13H16O3/c1-4-5-12(16-3)11-8-10(13(14)15)7-6-9(11)2/h4,6-8,12H,1,5H2,2-3H3,(H,14,15). The second kappa shape index (κ2) is 5.47. The quantitative estimate of drug-likeness (QED) is 0.776. The highest BCUT2D eigenvalue weighted by molar-refractivity contribution is 5.87. The van der Waals surface area contributed by atoms with E-state index in [1.165, 1.54) is 0 Å². The molecule has 0 heterocycles. The second-order valence-electron chi connectivity index (χ2n) is 3.63. The highest BCUT2D eigenvalue weighted by Crippen LogP contribution is 2.25. The molecule has 0 bridgehead atoms. The summed E-state index contributed by atoms with van der Waals surface area (Å²) in [6.45, 7) is 5.61. The molecule has 16 heavy (non-hydrogen) atoms. The molecule has 0 aromatic heterocycles. The molecule has 1 aromatic rings. The number of carbonyl (C=O) groups is 1. The Morgan fingerprint density at radius 1 is 1.62 bits per heavy atom. The van der Waals surface area contributed by atoms with Gasteiger partial charge in [-0.1, -0.05) is 12.1 Å². The molecule has 0 aliphatic carbocycles. The monoisotopic (exact) mass is 220 g/mol. The van der Waals surface area contributed by atoms with Crippen LogP contribution in [0.1, 0.15) is 34.0 Å². The fourth-order valence-corrected chi connectivity index (χ4v) is 1.62. The van der Waals surface area contributed by atoms with E-state index in [9.17, 15) is 4.79 Å². The lowest BCUT2D eigenvalue weighted by Crippen LogP contribution is -2.05. The van der Waals surface area contributed by atoms with Gasteiger partial charge < -0.3 is 9.84 Å². The zero-order valence-corrected chi connectivity index (χ0v) is 9.56. The van der Waals surface area contributed by atoms with E-state index in [2.05, 4.69) is 6.58 Å². The smallest absolute Gasteiger partial charge is 0.335 e. The zero-order valence-electron chi connectivity index (χ0n) is 9.56. The number of hydrogen-bond acceptors (Lipinski definition) is 2. The molecule has 3 heteroatoms. The average Bonchev–Trinajstić information content (AvgIpc) is 2.26. The predicted molar refractivity (Wildman–Crippen MR) is 62.7 cm³/mol. The molecule has 0 saturated carbocycles. The van der Waals surface area contributed by atoms with Crippen LogP contribution in [0, 0.1) is 6.92 Å². The van der Waals surface area contributed by atoms with Gasteiger partial charge in [0, 0.05) is 7.11 Å². The van der Waals surface area contributed by atoms with Gasteiger partial charge in [0.2, 0.25) is 0 Å². The first-order valence-corrected chi connectivity index (χ1v) is 5.07. The predicted octanol–water partition coefficient (Wildman–Crippen LogP) is 2.96. The Hall–Kier alpha value is -1.61. The first-order valence-electron chi connectivity index (χ1n) is 5.07. The van der Waals surface area contributed by atoms with Gasteiger partial charge in [0.1, 0.15) is 0 Å². The van der Waals surface area contributed by atoms with E-state index in [-0.39, 0.29) is 11.7 Å². The molecule has 1 rings (SSSR count). The lowest BCUT2D eigenvalue weighted by Gasteiger charge is -2.16. The van der Waals surface area contributed by atoms with E-state index in [0.717, 1.165) is 11.1 Å². The maximum atomic E-state index is 10.9. The van der Waals surface area contributed by atoms with Gasteiger partial charge in [-0.15, -0.1) is 6.58 Å². The molecular weight excluding hydrogens is 204 g/mol. The van der Waals surface area contributed by atoms with E-state index >= 15 is 0 Å². The molecule has 0 fully saturated rings. The minimum absolute atomic E-state index is 0.128. The number of carboxylic acids is 1. The summed E-state index contributed by atoms with van der Waals surface area (Å²) in [4.78, 5) is 10.9. The maximum absolute atomic E-state index is 10.9. The van der Waals surface area contributed by atoms with Crippen molar-refractivity contribution in [1.29, 1.82) is 0 Å². The van der Waals surface area contributed by atoms with E-state index in [4.69, 9.17) is 9.84 Å². The molecule has 86 valence electrons. The highest BCUT2D eigenvalue weighted by atomic mass is 16.5. The normalized spacial score (nSPS) is 12.1. The largest absolute Gasteiger partial charge is 0.478 e. The van der Waals surface area contributed by atoms with Gasteiger partial charge in [0.25, 0.3) is 0 Å². The number of aromatic carboxylic acids is 1. The number of benzene rings is 1. The minimum atomic E-state index is -0.922. The summed E-state index contributed by atoms with van der Waals surface area (Å²) in [6.07, 6.45) is 2.30. The molecule has 1 aromatic carbocycles. The SMILES string of the molecule is C=CCC(OC)c1cc(C(=O)O)ccc1C. The number of hydrogen-bond donors (Lipinski definition) is 1. The Kier molecular flexibility index (Phi) is 4.26. The molecule has 0 aliphatic rings. The molecule has 0 amide bonds. The molecule has 0 saturated heterocycles. The fourth-order valence-electron chi connectivity index (χ4n) is 1.62. The number of rotatable bonds is 5. The average molecular weight is 220 g/mol. The number of methoxy groups -OCH3 is 1. The third kappa shape index (κ3) is 2.70. The van der Waals surface area contributed by atoms with Crippen molar-refractivity contribution in [2.24, 2.45) is 0 Å². The van der Waals surface area contributed by atoms with Gasteiger partial charge in [0.05, 0.1) is 11.7 Å². The maximum Gasteiger partial charge on any atom is 0.335 e. The molecule has 1 atom stereocenters. The van der Waals surface area contributed by atoms with Crippen molar-refractivity contribution < 1.29 is 14.6 Å². The van der Waals surface area contributed by atoms with Crippen LogP contribution in [-0.2, 0) is 4.74 Å². The van der Waals surface area contributed by atoms with Gasteiger partial charge in [0.15, 0.2) is 0 Å². The van der Waals surface area contributed by atoms with E-state index < -0.39 is 5.97 Å². The summed E-state index contributed by atoms with van der Waals surface area (Å²) in [5.74, 6) is -0.922. The van der Waals surface area contributed by atoms with E-state index in [0.29, 0.717) is 6.42 Å². The molecule has 0 aliphatic heterocycles. The van der Waals surface area contributed by atoms with Crippen LogP contribution in [0.3, 0.4) is 0 Å². The molecule has 0 radical (unpaired) electrons. The first-order chi connectivity index (χ1) is 7.60. The van der Waals surface area contributed by atoms with Crippen LogP contribution >= 0.6 is 0 Å². The lowest BCUT2D eigenvalue weighted by molar-refractivity contribution is 0.0695. The van der Waals surface area contributed by atoms with Crippen molar-refractivity contribution in [3.8, 4) is 0 Å². The summed E-state index contributed by atoms with van der Waals surface area (Å²) in [5.41, 5.74) is 2.22. The minimum Gasteiger partial charge on any atom is -0.478 e. The Balaban J connectivity index is 3.13. The van der Waals surface area contributed by atoms with Gasteiger partial charge in [-0.2, -0.15) is 0 Å². The van der Waals surface area contributed by atoms with Crippen LogP contribution in [0.5, 0.6) is 0 Å². The van der Waals surface area contributed by atoms with Crippen molar-refractivity contribution in [3.05, 3.63) is 47.5 Å². The fraction of sp³-hybridized carbons (Fsp3) is 0.308. The van der Waals surface area contributed by atoms with Crippen LogP contribution in [0.15, 0.2) is 30.9 Å². The first kappa shape index (κ1) is 12.5. The van der Waals surface area contributed by atoms with Gasteiger partial charge in [-0.3, -0.25) is 0 Å². The number of carboxylic acid groups (broad SMARTS) is 1. The van der Waals surface area contributed by atoms with Crippen LogP contribution in [-0.4, -0.2) is 18.2 Å². The van der Waals surface area contributed by atoms with Crippen LogP contribution < -0.4 is 0 Å². The van der Waals surface area contributed by atoms with E-state index in [1.54, 1.807) is 31.4 Å². The number of aryl methyl sites for hydroxylation is 1. The van der Waals surface area contributed by atoms with Gasteiger partial charge in [-0.05, 0) is 36.6 Å². The molecule has 3 nitrogen and oxygen atoms in total. The van der Waals surface area contributed by atoms with Crippen molar-refractivity contribution >= 4 is 5.97 Å². The third-order valence-corrected chi connectivity index (χ3v) is 2.54. The van der Waals surface area contributed by atoms with Crippen molar-refractivity contribution in [2.45, 2.75) is 19.4 Å². The Morgan fingerprint density at radius 2 is 2.31 bits per heavy atom. The summed E-state index contributed by atoms with van der Waals surface area (Å²) >= 11 is 0. The Bertz CT molecular complexity index is 396. The summed E-state index contributed by atoms with van der Waals surface area (Å²) in [7, 11) is 1.61. The van der Waals surface area contributed by atoms with Crippen LogP contribution in [0.2, 0.25) is 0 Å². The highest BCUT2D eigenvalue weighted by Gasteiger charge is 2.14. The summed E-state index contributed by atoms with van der Waals surface area (Å²) in [5, 5.41) is 8.92. The van der Waals surface area contributed by atoms with Crippen LogP contribution in [0.25, 0.3) is 0 Å². The molecule has 0 spiro atoms. The van der Waals surface area contributed by atoms with Crippen LogP contribution in [0.4, 0.5) is 0 Å². The van der Waals surface area contributed by atoms with Crippen molar-refractivity contribution in [1.82, 2.24) is 0 Å². The van der Waals surface area contributed by atoms with Gasteiger partial charge >= 0.3 is 5.97 Å². The van der Waals surface area contributed by atoms with Crippen molar-refractivity contribution in [2.75, 3.05) is 7.11 Å². The van der Waals surface area contributed by atoms with Crippen molar-refractivity contribution in [3.63, 3.8) is 0 Å². The molecule has 1 unspecified atom stereocenters. The zero-order chi connectivity index (χ0) is 12.1. The topological polar surface area (TPSA) is 46.5 Å². The van der Waals surface area contributed by atoms with E-state index in [1.807, 2.05) is 6.92 Å². The lowest BCUT2D eigenvalue weighted by atomic mass is 9.98. The molecular formula is C13H16O3. The molecule has 1 N–H and O–H groups in total. The summed E-state index contributed by atoms with van der Waals surface area (Å²) in [6, 6.07) is 5.06. The Morgan fingerprint density at radius 3 is 2.81 bits per heavy atom.